The number of hydrogen-bond acceptors (Lipinski definition) is 4. The van der Waals surface area contributed by atoms with Gasteiger partial charge in [-0.1, -0.05) is 24.3 Å². The van der Waals surface area contributed by atoms with Crippen LogP contribution in [-0.2, 0) is 6.61 Å². The highest BCUT2D eigenvalue weighted by Gasteiger charge is 2.10. The van der Waals surface area contributed by atoms with Gasteiger partial charge >= 0.3 is 0 Å². The summed E-state index contributed by atoms with van der Waals surface area (Å²) in [5.74, 6) is 1.59. The highest BCUT2D eigenvalue weighted by molar-refractivity contribution is 5.34. The summed E-state index contributed by atoms with van der Waals surface area (Å²) in [6, 6.07) is 18.8. The molecule has 1 N–H and O–H groups in total. The maximum atomic E-state index is 10.4. The van der Waals surface area contributed by atoms with E-state index in [2.05, 4.69) is 4.98 Å². The van der Waals surface area contributed by atoms with E-state index in [1.54, 1.807) is 31.6 Å². The lowest BCUT2D eigenvalue weighted by molar-refractivity contribution is 0.220. The van der Waals surface area contributed by atoms with Gasteiger partial charge in [0.15, 0.2) is 0 Å². The lowest BCUT2D eigenvalue weighted by Crippen LogP contribution is -2.00. The Morgan fingerprint density at radius 2 is 1.42 bits per heavy atom. The minimum absolute atomic E-state index is 0.482. The minimum Gasteiger partial charge on any atom is -0.497 e. The number of benzene rings is 2. The quantitative estimate of drug-likeness (QED) is 0.751. The fourth-order valence-corrected chi connectivity index (χ4v) is 2.37. The number of nitrogens with zero attached hydrogens (tertiary/aromatic N) is 1. The van der Waals surface area contributed by atoms with Crippen molar-refractivity contribution in [2.24, 2.45) is 0 Å². The van der Waals surface area contributed by atoms with Crippen molar-refractivity contribution in [3.8, 4) is 11.5 Å². The molecule has 0 spiro atoms. The highest BCUT2D eigenvalue weighted by atomic mass is 16.5. The first-order chi connectivity index (χ1) is 11.8. The van der Waals surface area contributed by atoms with E-state index in [1.165, 1.54) is 0 Å². The van der Waals surface area contributed by atoms with Gasteiger partial charge in [-0.25, -0.2) is 0 Å². The van der Waals surface area contributed by atoms with Crippen LogP contribution in [0.4, 0.5) is 0 Å². The molecule has 1 aromatic heterocycles. The molecule has 0 amide bonds. The highest BCUT2D eigenvalue weighted by Crippen LogP contribution is 2.24. The Bertz CT molecular complexity index is 755. The van der Waals surface area contributed by atoms with Crippen molar-refractivity contribution in [2.45, 2.75) is 12.7 Å². The molecule has 4 nitrogen and oxygen atoms in total. The van der Waals surface area contributed by atoms with Crippen molar-refractivity contribution in [1.82, 2.24) is 4.98 Å². The Labute approximate surface area is 141 Å². The summed E-state index contributed by atoms with van der Waals surface area (Å²) >= 11 is 0. The van der Waals surface area contributed by atoms with E-state index in [0.717, 1.165) is 28.2 Å². The molecule has 24 heavy (non-hydrogen) atoms. The predicted molar refractivity (Wildman–Crippen MR) is 92.1 cm³/mol. The zero-order chi connectivity index (χ0) is 16.8. The van der Waals surface area contributed by atoms with Crippen molar-refractivity contribution >= 4 is 0 Å². The van der Waals surface area contributed by atoms with Crippen LogP contribution in [0, 0.1) is 0 Å². The van der Waals surface area contributed by atoms with E-state index < -0.39 is 6.10 Å². The summed E-state index contributed by atoms with van der Waals surface area (Å²) in [6.45, 7) is 0.482. The molecule has 3 aromatic rings. The number of aromatic nitrogens is 1. The molecule has 0 fully saturated rings. The molecule has 0 saturated carbocycles. The van der Waals surface area contributed by atoms with Crippen LogP contribution in [0.1, 0.15) is 22.8 Å². The fraction of sp³-hybridized carbons (Fsp3) is 0.150. The van der Waals surface area contributed by atoms with E-state index in [9.17, 15) is 5.11 Å². The van der Waals surface area contributed by atoms with Crippen molar-refractivity contribution in [3.05, 3.63) is 89.7 Å². The summed E-state index contributed by atoms with van der Waals surface area (Å²) in [7, 11) is 1.65. The summed E-state index contributed by atoms with van der Waals surface area (Å²) in [5.41, 5.74) is 2.70. The molecule has 0 saturated heterocycles. The Hall–Kier alpha value is -2.85. The Morgan fingerprint density at radius 3 is 2.04 bits per heavy atom. The first kappa shape index (κ1) is 16.0. The van der Waals surface area contributed by atoms with Gasteiger partial charge in [-0.3, -0.25) is 4.98 Å². The number of methoxy groups -OCH3 is 1. The summed E-state index contributed by atoms with van der Waals surface area (Å²) in [4.78, 5) is 3.96. The van der Waals surface area contributed by atoms with Crippen molar-refractivity contribution in [3.63, 3.8) is 0 Å². The van der Waals surface area contributed by atoms with Crippen LogP contribution >= 0.6 is 0 Å². The summed E-state index contributed by atoms with van der Waals surface area (Å²) < 4.78 is 10.9. The molecule has 2 aromatic carbocycles. The van der Waals surface area contributed by atoms with Gasteiger partial charge < -0.3 is 14.6 Å². The average molecular weight is 321 g/mol. The molecule has 0 bridgehead atoms. The molecule has 4 heteroatoms. The van der Waals surface area contributed by atoms with Crippen LogP contribution in [0.25, 0.3) is 0 Å². The van der Waals surface area contributed by atoms with Gasteiger partial charge in [-0.2, -0.15) is 0 Å². The van der Waals surface area contributed by atoms with Gasteiger partial charge in [0, 0.05) is 12.4 Å². The number of rotatable bonds is 6. The fourth-order valence-electron chi connectivity index (χ4n) is 2.37. The Kier molecular flexibility index (Phi) is 5.08. The second-order valence-corrected chi connectivity index (χ2v) is 5.39. The number of aliphatic hydroxyl groups excluding tert-OH is 1. The molecule has 1 heterocycles. The van der Waals surface area contributed by atoms with Gasteiger partial charge in [0.25, 0.3) is 0 Å². The van der Waals surface area contributed by atoms with Gasteiger partial charge in [-0.15, -0.1) is 0 Å². The third-order valence-corrected chi connectivity index (χ3v) is 3.78. The van der Waals surface area contributed by atoms with Gasteiger partial charge in [0.05, 0.1) is 7.11 Å². The molecular weight excluding hydrogens is 302 g/mol. The first-order valence-electron chi connectivity index (χ1n) is 7.70. The SMILES string of the molecule is COc1ccc(COc2ccc([C@H](O)c3ccncc3)cc2)cc1. The monoisotopic (exact) mass is 321 g/mol. The van der Waals surface area contributed by atoms with Gasteiger partial charge in [-0.05, 0) is 53.1 Å². The second-order valence-electron chi connectivity index (χ2n) is 5.39. The van der Waals surface area contributed by atoms with Crippen LogP contribution in [0.5, 0.6) is 11.5 Å². The lowest BCUT2D eigenvalue weighted by atomic mass is 10.0. The molecule has 0 radical (unpaired) electrons. The van der Waals surface area contributed by atoms with Gasteiger partial charge in [0.1, 0.15) is 24.2 Å². The number of ether oxygens (including phenoxy) is 2. The van der Waals surface area contributed by atoms with E-state index in [-0.39, 0.29) is 0 Å². The molecule has 0 aliphatic carbocycles. The number of hydrogen-bond donors (Lipinski definition) is 1. The average Bonchev–Trinajstić information content (AvgIpc) is 2.67. The largest absolute Gasteiger partial charge is 0.497 e. The number of aliphatic hydroxyl groups is 1. The Morgan fingerprint density at radius 1 is 0.833 bits per heavy atom. The Balaban J connectivity index is 1.62. The van der Waals surface area contributed by atoms with E-state index >= 15 is 0 Å². The third-order valence-electron chi connectivity index (χ3n) is 3.78. The van der Waals surface area contributed by atoms with Crippen molar-refractivity contribution in [1.29, 1.82) is 0 Å². The smallest absolute Gasteiger partial charge is 0.119 e. The normalized spacial score (nSPS) is 11.8. The topological polar surface area (TPSA) is 51.6 Å². The maximum absolute atomic E-state index is 10.4. The number of pyridine rings is 1. The predicted octanol–water partition coefficient (Wildman–Crippen LogP) is 3.75. The zero-order valence-corrected chi connectivity index (χ0v) is 13.4. The second kappa shape index (κ2) is 7.62. The molecule has 3 rings (SSSR count). The molecule has 122 valence electrons. The summed E-state index contributed by atoms with van der Waals surface area (Å²) in [6.07, 6.45) is 2.68. The molecule has 0 unspecified atom stereocenters. The first-order valence-corrected chi connectivity index (χ1v) is 7.70. The molecular formula is C20H19NO3. The lowest BCUT2D eigenvalue weighted by Gasteiger charge is -2.12. The van der Waals surface area contributed by atoms with Gasteiger partial charge in [0.2, 0.25) is 0 Å². The third kappa shape index (κ3) is 3.91. The van der Waals surface area contributed by atoms with Crippen LogP contribution < -0.4 is 9.47 Å². The summed E-state index contributed by atoms with van der Waals surface area (Å²) in [5, 5.41) is 10.4. The zero-order valence-electron chi connectivity index (χ0n) is 13.4. The standard InChI is InChI=1S/C20H19NO3/c1-23-18-6-2-15(3-7-18)14-24-19-8-4-16(5-9-19)20(22)17-10-12-21-13-11-17/h2-13,20,22H,14H2,1H3/t20-/m0/s1. The molecule has 0 aliphatic rings. The molecule has 0 aliphatic heterocycles. The van der Waals surface area contributed by atoms with Crippen molar-refractivity contribution in [2.75, 3.05) is 7.11 Å². The van der Waals surface area contributed by atoms with Crippen LogP contribution in [0.3, 0.4) is 0 Å². The van der Waals surface area contributed by atoms with Crippen LogP contribution in [-0.4, -0.2) is 17.2 Å². The van der Waals surface area contributed by atoms with Crippen molar-refractivity contribution < 1.29 is 14.6 Å². The van der Waals surface area contributed by atoms with E-state index in [0.29, 0.717) is 6.61 Å². The maximum Gasteiger partial charge on any atom is 0.119 e. The van der Waals surface area contributed by atoms with Crippen LogP contribution in [0.15, 0.2) is 73.1 Å². The molecule has 1 atom stereocenters. The van der Waals surface area contributed by atoms with E-state index in [4.69, 9.17) is 9.47 Å². The van der Waals surface area contributed by atoms with E-state index in [1.807, 2.05) is 48.5 Å². The minimum atomic E-state index is -0.663. The van der Waals surface area contributed by atoms with Crippen LogP contribution in [0.2, 0.25) is 0 Å².